The number of benzene rings is 1. The van der Waals surface area contributed by atoms with Crippen LogP contribution in [-0.4, -0.2) is 26.8 Å². The third-order valence-corrected chi connectivity index (χ3v) is 4.79. The molecule has 0 aliphatic rings. The zero-order valence-electron chi connectivity index (χ0n) is 15.7. The second-order valence-corrected chi connectivity index (χ2v) is 6.70. The van der Waals surface area contributed by atoms with Crippen molar-refractivity contribution < 1.29 is 9.84 Å². The van der Waals surface area contributed by atoms with Crippen molar-refractivity contribution in [3.63, 3.8) is 0 Å². The van der Waals surface area contributed by atoms with E-state index in [9.17, 15) is 5.11 Å². The summed E-state index contributed by atoms with van der Waals surface area (Å²) >= 11 is 0. The van der Waals surface area contributed by atoms with Gasteiger partial charge in [0.15, 0.2) is 0 Å². The van der Waals surface area contributed by atoms with E-state index in [0.29, 0.717) is 29.0 Å². The first-order valence-corrected chi connectivity index (χ1v) is 8.96. The lowest BCUT2D eigenvalue weighted by Gasteiger charge is -2.12. The molecule has 0 unspecified atom stereocenters. The number of aromatic nitrogens is 3. The van der Waals surface area contributed by atoms with Crippen LogP contribution in [0.5, 0.6) is 11.8 Å². The third kappa shape index (κ3) is 2.65. The predicted octanol–water partition coefficient (Wildman–Crippen LogP) is 4.27. The molecule has 0 fully saturated rings. The van der Waals surface area contributed by atoms with Crippen molar-refractivity contribution in [1.82, 2.24) is 14.5 Å². The lowest BCUT2D eigenvalue weighted by Crippen LogP contribution is -1.96. The van der Waals surface area contributed by atoms with E-state index >= 15 is 0 Å². The molecule has 0 aliphatic heterocycles. The van der Waals surface area contributed by atoms with Crippen LogP contribution in [0.1, 0.15) is 18.9 Å². The van der Waals surface area contributed by atoms with Gasteiger partial charge >= 0.3 is 0 Å². The fourth-order valence-corrected chi connectivity index (χ4v) is 3.55. The first kappa shape index (κ1) is 17.1. The summed E-state index contributed by atoms with van der Waals surface area (Å²) in [5.74, 6) is 0.707. The van der Waals surface area contributed by atoms with Gasteiger partial charge in [-0.2, -0.15) is 0 Å². The van der Waals surface area contributed by atoms with Crippen LogP contribution in [0.4, 0.5) is 5.69 Å². The number of methoxy groups -OCH3 is 1. The van der Waals surface area contributed by atoms with Crippen LogP contribution in [0.25, 0.3) is 32.9 Å². The number of hydrogen-bond acceptors (Lipinski definition) is 5. The maximum Gasteiger partial charge on any atom is 0.221 e. The highest BCUT2D eigenvalue weighted by Gasteiger charge is 2.18. The van der Waals surface area contributed by atoms with E-state index < -0.39 is 0 Å². The summed E-state index contributed by atoms with van der Waals surface area (Å²) in [6.45, 7) is 4.76. The third-order valence-electron chi connectivity index (χ3n) is 4.79. The van der Waals surface area contributed by atoms with E-state index in [0.717, 1.165) is 34.0 Å². The number of para-hydroxylation sites is 1. The highest BCUT2D eigenvalue weighted by Crippen LogP contribution is 2.40. The van der Waals surface area contributed by atoms with Gasteiger partial charge < -0.3 is 20.1 Å². The first-order valence-electron chi connectivity index (χ1n) is 8.96. The van der Waals surface area contributed by atoms with Gasteiger partial charge in [0, 0.05) is 35.5 Å². The van der Waals surface area contributed by atoms with Crippen molar-refractivity contribution in [2.75, 3.05) is 12.8 Å². The molecule has 3 heterocycles. The summed E-state index contributed by atoms with van der Waals surface area (Å²) in [6, 6.07) is 7.88. The zero-order valence-corrected chi connectivity index (χ0v) is 15.7. The van der Waals surface area contributed by atoms with Gasteiger partial charge in [0.2, 0.25) is 11.8 Å². The van der Waals surface area contributed by atoms with Crippen molar-refractivity contribution in [2.45, 2.75) is 26.8 Å². The lowest BCUT2D eigenvalue weighted by molar-refractivity contribution is 0.399. The average Bonchev–Trinajstić information content (AvgIpc) is 2.97. The Morgan fingerprint density at radius 1 is 1.26 bits per heavy atom. The Bertz CT molecular complexity index is 1160. The minimum atomic E-state index is 0.166. The Labute approximate surface area is 157 Å². The quantitative estimate of drug-likeness (QED) is 0.566. The van der Waals surface area contributed by atoms with Crippen molar-refractivity contribution in [1.29, 1.82) is 0 Å². The Morgan fingerprint density at radius 3 is 2.81 bits per heavy atom. The Morgan fingerprint density at radius 2 is 2.07 bits per heavy atom. The van der Waals surface area contributed by atoms with Gasteiger partial charge in [0.1, 0.15) is 0 Å². The van der Waals surface area contributed by atoms with E-state index in [4.69, 9.17) is 15.5 Å². The number of nitrogens with two attached hydrogens (primary N) is 1. The lowest BCUT2D eigenvalue weighted by atomic mass is 10.00. The average molecular weight is 362 g/mol. The normalized spacial score (nSPS) is 11.4. The number of fused-ring (bicyclic) bond motifs is 2. The van der Waals surface area contributed by atoms with E-state index in [1.54, 1.807) is 17.9 Å². The van der Waals surface area contributed by atoms with Gasteiger partial charge in [0.05, 0.1) is 29.2 Å². The molecule has 0 spiro atoms. The maximum absolute atomic E-state index is 10.6. The van der Waals surface area contributed by atoms with Gasteiger partial charge in [-0.3, -0.25) is 0 Å². The van der Waals surface area contributed by atoms with Crippen molar-refractivity contribution >= 4 is 27.5 Å². The van der Waals surface area contributed by atoms with Crippen LogP contribution in [0.15, 0.2) is 36.7 Å². The molecule has 6 heteroatoms. The van der Waals surface area contributed by atoms with Gasteiger partial charge in [-0.1, -0.05) is 25.1 Å². The SMILES string of the molecule is CCCn1cc2nc3c(-c4cc(C)cnc4OC)cccc3c(N)c2c1O. The van der Waals surface area contributed by atoms with Gasteiger partial charge in [0.25, 0.3) is 0 Å². The van der Waals surface area contributed by atoms with Gasteiger partial charge in [-0.25, -0.2) is 9.97 Å². The van der Waals surface area contributed by atoms with Crippen molar-refractivity contribution in [3.05, 3.63) is 42.2 Å². The molecule has 3 aromatic heterocycles. The van der Waals surface area contributed by atoms with Crippen LogP contribution in [-0.2, 0) is 6.54 Å². The van der Waals surface area contributed by atoms with E-state index in [-0.39, 0.29) is 5.88 Å². The number of nitrogen functional groups attached to an aromatic ring is 1. The van der Waals surface area contributed by atoms with Gasteiger partial charge in [-0.05, 0) is 25.0 Å². The number of hydrogen-bond donors (Lipinski definition) is 2. The van der Waals surface area contributed by atoms with Crippen LogP contribution in [0.2, 0.25) is 0 Å². The molecule has 0 saturated carbocycles. The van der Waals surface area contributed by atoms with Crippen molar-refractivity contribution in [3.8, 4) is 22.9 Å². The minimum Gasteiger partial charge on any atom is -0.494 e. The number of ether oxygens (including phenoxy) is 1. The monoisotopic (exact) mass is 362 g/mol. The predicted molar refractivity (Wildman–Crippen MR) is 108 cm³/mol. The second-order valence-electron chi connectivity index (χ2n) is 6.70. The molecule has 0 atom stereocenters. The topological polar surface area (TPSA) is 86.2 Å². The fourth-order valence-electron chi connectivity index (χ4n) is 3.55. The largest absolute Gasteiger partial charge is 0.494 e. The highest BCUT2D eigenvalue weighted by atomic mass is 16.5. The summed E-state index contributed by atoms with van der Waals surface area (Å²) in [6.07, 6.45) is 4.54. The summed E-state index contributed by atoms with van der Waals surface area (Å²) in [4.78, 5) is 9.22. The number of anilines is 1. The standard InChI is InChI=1S/C21H22N4O2/c1-4-8-25-11-16-17(21(25)26)18(22)14-7-5-6-13(19(14)24-16)15-9-12(2)10-23-20(15)27-3/h5-7,9-11,26H,4,8,22H2,1-3H3. The van der Waals surface area contributed by atoms with E-state index in [1.165, 1.54) is 0 Å². The summed E-state index contributed by atoms with van der Waals surface area (Å²) < 4.78 is 7.26. The Kier molecular flexibility index (Phi) is 4.11. The van der Waals surface area contributed by atoms with Crippen LogP contribution >= 0.6 is 0 Å². The smallest absolute Gasteiger partial charge is 0.221 e. The Hall–Kier alpha value is -3.28. The molecule has 4 rings (SSSR count). The highest BCUT2D eigenvalue weighted by molar-refractivity contribution is 6.12. The molecular weight excluding hydrogens is 340 g/mol. The molecule has 27 heavy (non-hydrogen) atoms. The summed E-state index contributed by atoms with van der Waals surface area (Å²) in [5, 5.41) is 12.0. The molecule has 0 amide bonds. The van der Waals surface area contributed by atoms with E-state index in [2.05, 4.69) is 11.9 Å². The summed E-state index contributed by atoms with van der Waals surface area (Å²) in [7, 11) is 1.61. The number of pyridine rings is 2. The molecule has 1 aromatic carbocycles. The molecule has 138 valence electrons. The van der Waals surface area contributed by atoms with Gasteiger partial charge in [-0.15, -0.1) is 0 Å². The molecule has 4 aromatic rings. The van der Waals surface area contributed by atoms with Crippen molar-refractivity contribution in [2.24, 2.45) is 0 Å². The number of rotatable bonds is 4. The van der Waals surface area contributed by atoms with E-state index in [1.807, 2.05) is 37.4 Å². The van der Waals surface area contributed by atoms with Crippen LogP contribution in [0.3, 0.4) is 0 Å². The molecule has 0 bridgehead atoms. The molecule has 0 saturated heterocycles. The number of aromatic hydroxyl groups is 1. The van der Waals surface area contributed by atoms with Crippen LogP contribution < -0.4 is 10.5 Å². The fraction of sp³-hybridized carbons (Fsp3) is 0.238. The van der Waals surface area contributed by atoms with Crippen LogP contribution in [0, 0.1) is 6.92 Å². The minimum absolute atomic E-state index is 0.166. The maximum atomic E-state index is 10.6. The zero-order chi connectivity index (χ0) is 19.1. The Balaban J connectivity index is 2.07. The molecule has 0 radical (unpaired) electrons. The molecule has 0 aliphatic carbocycles. The number of nitrogens with zero attached hydrogens (tertiary/aromatic N) is 3. The molecule has 3 N–H and O–H groups in total. The first-order chi connectivity index (χ1) is 13.0. The second kappa shape index (κ2) is 6.46. The molecular formula is C21H22N4O2. The summed E-state index contributed by atoms with van der Waals surface area (Å²) in [5.41, 5.74) is 11.2. The molecule has 6 nitrogen and oxygen atoms in total. The number of aryl methyl sites for hydroxylation is 2.